The summed E-state index contributed by atoms with van der Waals surface area (Å²) in [6.45, 7) is 15.1. The molecule has 2 fully saturated rings. The van der Waals surface area contributed by atoms with Gasteiger partial charge in [-0.1, -0.05) is 52.8 Å². The van der Waals surface area contributed by atoms with Crippen molar-refractivity contribution in [3.63, 3.8) is 0 Å². The molecule has 3 atom stereocenters. The molecule has 3 heterocycles. The number of piperidine rings is 1. The molecule has 4 rings (SSSR count). The van der Waals surface area contributed by atoms with Gasteiger partial charge in [0.2, 0.25) is 5.91 Å². The first kappa shape index (κ1) is 35.4. The summed E-state index contributed by atoms with van der Waals surface area (Å²) in [6.07, 6.45) is 1.58. The van der Waals surface area contributed by atoms with Crippen LogP contribution >= 0.6 is 0 Å². The molecule has 11 heteroatoms. The maximum Gasteiger partial charge on any atom is 0.407 e. The molecule has 11 nitrogen and oxygen atoms in total. The van der Waals surface area contributed by atoms with Crippen LogP contribution in [0.25, 0.3) is 5.69 Å². The van der Waals surface area contributed by atoms with Crippen LogP contribution in [0.15, 0.2) is 30.3 Å². The molecule has 2 aromatic rings. The number of unbranched alkanes of at least 4 members (excludes halogenated alkanes) is 1. The van der Waals surface area contributed by atoms with Crippen LogP contribution in [0.5, 0.6) is 0 Å². The van der Waals surface area contributed by atoms with E-state index in [2.05, 4.69) is 18.4 Å². The number of ether oxygens (including phenoxy) is 2. The predicted octanol–water partition coefficient (Wildman–Crippen LogP) is 4.89. The first-order valence-electron chi connectivity index (χ1n) is 16.6. The molecule has 1 aromatic carbocycles. The van der Waals surface area contributed by atoms with Gasteiger partial charge in [0.15, 0.2) is 0 Å². The van der Waals surface area contributed by atoms with E-state index in [-0.39, 0.29) is 24.3 Å². The third-order valence-corrected chi connectivity index (χ3v) is 9.04. The monoisotopic (exact) mass is 639 g/mol. The Morgan fingerprint density at radius 2 is 1.78 bits per heavy atom. The highest BCUT2D eigenvalue weighted by Crippen LogP contribution is 2.39. The molecule has 0 aliphatic carbocycles. The van der Waals surface area contributed by atoms with Gasteiger partial charge in [-0.2, -0.15) is 0 Å². The second-order valence-corrected chi connectivity index (χ2v) is 14.1. The normalized spacial score (nSPS) is 20.7. The molecular formula is C35H53N5O6. The molecule has 3 amide bonds. The Bertz CT molecular complexity index is 1330. The van der Waals surface area contributed by atoms with Gasteiger partial charge in [-0.3, -0.25) is 9.59 Å². The lowest BCUT2D eigenvalue weighted by Crippen LogP contribution is -2.66. The summed E-state index contributed by atoms with van der Waals surface area (Å²) in [5, 5.41) is 10.5. The maximum absolute atomic E-state index is 15.0. The van der Waals surface area contributed by atoms with E-state index in [4.69, 9.17) is 14.5 Å². The smallest absolute Gasteiger partial charge is 0.407 e. The molecule has 1 unspecified atom stereocenters. The average Bonchev–Trinajstić information content (AvgIpc) is 3.36. The highest BCUT2D eigenvalue weighted by atomic mass is 16.5. The number of amides is 3. The number of hydrogen-bond donors (Lipinski definition) is 1. The summed E-state index contributed by atoms with van der Waals surface area (Å²) in [5.41, 5.74) is 1.64. The van der Waals surface area contributed by atoms with Crippen LogP contribution in [-0.2, 0) is 20.7 Å². The molecule has 254 valence electrons. The van der Waals surface area contributed by atoms with Crippen LogP contribution in [0.3, 0.4) is 0 Å². The van der Waals surface area contributed by atoms with E-state index >= 15 is 0 Å². The van der Waals surface area contributed by atoms with Crippen LogP contribution in [-0.4, -0.2) is 112 Å². The van der Waals surface area contributed by atoms with Crippen LogP contribution in [0.1, 0.15) is 75.9 Å². The lowest BCUT2D eigenvalue weighted by Gasteiger charge is -2.52. The van der Waals surface area contributed by atoms with Crippen molar-refractivity contribution in [1.29, 1.82) is 0 Å². The Morgan fingerprint density at radius 1 is 1.11 bits per heavy atom. The SMILES string of the molecule is COCCCCc1c(C(=O)N(CC(C)C)[C@H]2C[C@@H](C(=O)N3CCOCC3)CN(C(=O)O)C2C(C)(C)C)nc(C)n1-c1ccccc1. The molecule has 1 N–H and O–H groups in total. The first-order valence-corrected chi connectivity index (χ1v) is 16.6. The third-order valence-electron chi connectivity index (χ3n) is 9.04. The Kier molecular flexibility index (Phi) is 11.9. The highest BCUT2D eigenvalue weighted by molar-refractivity contribution is 5.94. The van der Waals surface area contributed by atoms with Gasteiger partial charge in [-0.05, 0) is 56.1 Å². The van der Waals surface area contributed by atoms with Crippen molar-refractivity contribution < 1.29 is 29.0 Å². The Labute approximate surface area is 273 Å². The maximum atomic E-state index is 15.0. The number of carbonyl (C=O) groups excluding carboxylic acids is 2. The van der Waals surface area contributed by atoms with E-state index in [1.165, 1.54) is 4.90 Å². The average molecular weight is 640 g/mol. The molecule has 2 aliphatic rings. The zero-order valence-electron chi connectivity index (χ0n) is 28.7. The van der Waals surface area contributed by atoms with E-state index in [0.717, 1.165) is 24.2 Å². The number of nitrogens with zero attached hydrogens (tertiary/aromatic N) is 5. The summed E-state index contributed by atoms with van der Waals surface area (Å²) in [6, 6.07) is 8.87. The summed E-state index contributed by atoms with van der Waals surface area (Å²) in [7, 11) is 1.68. The minimum atomic E-state index is -1.08. The van der Waals surface area contributed by atoms with Crippen molar-refractivity contribution in [3.8, 4) is 5.69 Å². The fourth-order valence-electron chi connectivity index (χ4n) is 7.15. The summed E-state index contributed by atoms with van der Waals surface area (Å²) >= 11 is 0. The van der Waals surface area contributed by atoms with E-state index in [0.29, 0.717) is 63.8 Å². The van der Waals surface area contributed by atoms with Gasteiger partial charge in [0.25, 0.3) is 5.91 Å². The Morgan fingerprint density at radius 3 is 2.37 bits per heavy atom. The lowest BCUT2D eigenvalue weighted by molar-refractivity contribution is -0.144. The standard InChI is InChI=1S/C35H53N5O6/c1-24(2)22-38(33(42)30-28(15-11-12-18-45-7)40(25(3)36-30)27-13-9-8-10-14-27)29-21-26(32(41)37-16-19-46-20-17-37)23-39(34(43)44)31(29)35(4,5)6/h8-10,13-14,24,26,29,31H,11-12,15-23H2,1-7H3,(H,43,44)/t26-,29+,31?/m1/s1. The minimum absolute atomic E-state index is 0.0770. The van der Waals surface area contributed by atoms with E-state index < -0.39 is 29.5 Å². The highest BCUT2D eigenvalue weighted by Gasteiger charge is 2.50. The Hall–Kier alpha value is -3.44. The van der Waals surface area contributed by atoms with Crippen molar-refractivity contribution in [3.05, 3.63) is 47.5 Å². The number of aromatic nitrogens is 2. The zero-order valence-corrected chi connectivity index (χ0v) is 28.7. The van der Waals surface area contributed by atoms with Gasteiger partial charge in [0.05, 0.1) is 36.9 Å². The van der Waals surface area contributed by atoms with Crippen molar-refractivity contribution in [2.75, 3.05) is 53.1 Å². The van der Waals surface area contributed by atoms with Gasteiger partial charge in [-0.25, -0.2) is 9.78 Å². The molecule has 1 aromatic heterocycles. The summed E-state index contributed by atoms with van der Waals surface area (Å²) < 4.78 is 12.8. The topological polar surface area (TPSA) is 117 Å². The van der Waals surface area contributed by atoms with Crippen LogP contribution < -0.4 is 0 Å². The predicted molar refractivity (Wildman–Crippen MR) is 176 cm³/mol. The molecule has 46 heavy (non-hydrogen) atoms. The molecule has 0 radical (unpaired) electrons. The second kappa shape index (κ2) is 15.4. The van der Waals surface area contributed by atoms with Gasteiger partial charge in [-0.15, -0.1) is 0 Å². The number of likely N-dealkylation sites (tertiary alicyclic amines) is 1. The second-order valence-electron chi connectivity index (χ2n) is 14.1. The number of rotatable bonds is 11. The van der Waals surface area contributed by atoms with Gasteiger partial charge in [0, 0.05) is 45.6 Å². The van der Waals surface area contributed by atoms with Crippen molar-refractivity contribution in [1.82, 2.24) is 24.3 Å². The molecular weight excluding hydrogens is 586 g/mol. The number of morpholine rings is 1. The van der Waals surface area contributed by atoms with Gasteiger partial charge < -0.3 is 33.8 Å². The number of carboxylic acid groups (broad SMARTS) is 1. The number of hydrogen-bond acceptors (Lipinski definition) is 6. The molecule has 0 spiro atoms. The number of benzene rings is 1. The number of methoxy groups -OCH3 is 1. The number of para-hydroxylation sites is 1. The van der Waals surface area contributed by atoms with Crippen molar-refractivity contribution in [2.24, 2.45) is 17.3 Å². The van der Waals surface area contributed by atoms with Crippen LogP contribution in [0, 0.1) is 24.2 Å². The molecule has 0 bridgehead atoms. The number of aryl methyl sites for hydroxylation is 1. The quantitative estimate of drug-likeness (QED) is 0.348. The van der Waals surface area contributed by atoms with Gasteiger partial charge >= 0.3 is 6.09 Å². The van der Waals surface area contributed by atoms with Crippen molar-refractivity contribution in [2.45, 2.75) is 79.3 Å². The first-order chi connectivity index (χ1) is 21.8. The molecule has 2 aliphatic heterocycles. The zero-order chi connectivity index (χ0) is 33.6. The number of carbonyl (C=O) groups is 3. The van der Waals surface area contributed by atoms with E-state index in [1.807, 2.05) is 62.9 Å². The Balaban J connectivity index is 1.81. The fourth-order valence-corrected chi connectivity index (χ4v) is 7.15. The number of imidazole rings is 1. The van der Waals surface area contributed by atoms with E-state index in [1.54, 1.807) is 12.0 Å². The lowest BCUT2D eigenvalue weighted by atomic mass is 9.74. The van der Waals surface area contributed by atoms with Crippen molar-refractivity contribution >= 4 is 17.9 Å². The van der Waals surface area contributed by atoms with Gasteiger partial charge in [0.1, 0.15) is 11.5 Å². The fraction of sp³-hybridized carbons (Fsp3) is 0.657. The molecule has 2 saturated heterocycles. The van der Waals surface area contributed by atoms with Crippen LogP contribution in [0.2, 0.25) is 0 Å². The summed E-state index contributed by atoms with van der Waals surface area (Å²) in [4.78, 5) is 51.6. The molecule has 0 saturated carbocycles. The largest absolute Gasteiger partial charge is 0.465 e. The third kappa shape index (κ3) is 8.09. The van der Waals surface area contributed by atoms with Crippen LogP contribution in [0.4, 0.5) is 4.79 Å². The summed E-state index contributed by atoms with van der Waals surface area (Å²) in [5.74, 6) is -0.0634. The van der Waals surface area contributed by atoms with E-state index in [9.17, 15) is 19.5 Å². The minimum Gasteiger partial charge on any atom is -0.465 e.